The SMILES string of the molecule is CCC1CCCCN1C(=O)CC(=O)Nc1cc(OC)c(OC)c(OC)c1. The largest absolute Gasteiger partial charge is 0.493 e. The van der Waals surface area contributed by atoms with Gasteiger partial charge in [0.25, 0.3) is 0 Å². The molecule has 1 unspecified atom stereocenters. The van der Waals surface area contributed by atoms with Gasteiger partial charge in [-0.25, -0.2) is 0 Å². The number of nitrogens with zero attached hydrogens (tertiary/aromatic N) is 1. The summed E-state index contributed by atoms with van der Waals surface area (Å²) in [6.07, 6.45) is 3.89. The first-order valence-corrected chi connectivity index (χ1v) is 8.93. The normalized spacial score (nSPS) is 16.8. The number of likely N-dealkylation sites (tertiary alicyclic amines) is 1. The van der Waals surface area contributed by atoms with Gasteiger partial charge in [-0.2, -0.15) is 0 Å². The van der Waals surface area contributed by atoms with Gasteiger partial charge in [0.05, 0.1) is 21.3 Å². The molecule has 1 aromatic carbocycles. The van der Waals surface area contributed by atoms with Gasteiger partial charge in [-0.15, -0.1) is 0 Å². The van der Waals surface area contributed by atoms with Crippen molar-refractivity contribution in [3.8, 4) is 17.2 Å². The average molecular weight is 364 g/mol. The van der Waals surface area contributed by atoms with Gasteiger partial charge >= 0.3 is 0 Å². The topological polar surface area (TPSA) is 77.1 Å². The molecule has 0 aromatic heterocycles. The molecule has 0 radical (unpaired) electrons. The molecule has 1 aliphatic rings. The Hall–Kier alpha value is -2.44. The molecule has 2 rings (SSSR count). The third-order valence-electron chi connectivity index (χ3n) is 4.68. The van der Waals surface area contributed by atoms with Gasteiger partial charge in [0.15, 0.2) is 11.5 Å². The second kappa shape index (κ2) is 9.31. The number of carbonyl (C=O) groups is 2. The highest BCUT2D eigenvalue weighted by Crippen LogP contribution is 2.39. The molecule has 1 saturated heterocycles. The van der Waals surface area contributed by atoms with E-state index in [0.717, 1.165) is 32.2 Å². The molecule has 1 atom stereocenters. The van der Waals surface area contributed by atoms with Crippen molar-refractivity contribution in [3.05, 3.63) is 12.1 Å². The Morgan fingerprint density at radius 2 is 1.77 bits per heavy atom. The van der Waals surface area contributed by atoms with Gasteiger partial charge in [0.2, 0.25) is 17.6 Å². The summed E-state index contributed by atoms with van der Waals surface area (Å²) in [6.45, 7) is 2.81. The minimum atomic E-state index is -0.357. The summed E-state index contributed by atoms with van der Waals surface area (Å²) in [5, 5.41) is 2.74. The lowest BCUT2D eigenvalue weighted by atomic mass is 9.99. The third-order valence-corrected chi connectivity index (χ3v) is 4.68. The van der Waals surface area contributed by atoms with Crippen LogP contribution in [-0.2, 0) is 9.59 Å². The summed E-state index contributed by atoms with van der Waals surface area (Å²) in [6, 6.07) is 3.52. The molecule has 26 heavy (non-hydrogen) atoms. The number of benzene rings is 1. The minimum absolute atomic E-state index is 0.124. The van der Waals surface area contributed by atoms with Crippen LogP contribution in [0.2, 0.25) is 0 Å². The number of rotatable bonds is 7. The van der Waals surface area contributed by atoms with Crippen molar-refractivity contribution in [1.29, 1.82) is 0 Å². The van der Waals surface area contributed by atoms with Crippen LogP contribution < -0.4 is 19.5 Å². The Kier molecular flexibility index (Phi) is 7.12. The molecule has 0 aliphatic carbocycles. The maximum Gasteiger partial charge on any atom is 0.233 e. The number of piperidine rings is 1. The number of nitrogens with one attached hydrogen (secondary N) is 1. The predicted octanol–water partition coefficient (Wildman–Crippen LogP) is 2.83. The monoisotopic (exact) mass is 364 g/mol. The van der Waals surface area contributed by atoms with E-state index in [9.17, 15) is 9.59 Å². The number of hydrogen-bond acceptors (Lipinski definition) is 5. The minimum Gasteiger partial charge on any atom is -0.493 e. The molecule has 1 aromatic rings. The lowest BCUT2D eigenvalue weighted by molar-refractivity contribution is -0.137. The number of ether oxygens (including phenoxy) is 3. The summed E-state index contributed by atoms with van der Waals surface area (Å²) in [5.41, 5.74) is 0.489. The Labute approximate surface area is 154 Å². The highest BCUT2D eigenvalue weighted by atomic mass is 16.5. The van der Waals surface area contributed by atoms with Crippen molar-refractivity contribution in [1.82, 2.24) is 4.90 Å². The molecule has 1 aliphatic heterocycles. The highest BCUT2D eigenvalue weighted by molar-refractivity contribution is 6.03. The van der Waals surface area contributed by atoms with Gasteiger partial charge in [-0.3, -0.25) is 9.59 Å². The van der Waals surface area contributed by atoms with Crippen molar-refractivity contribution in [3.63, 3.8) is 0 Å². The van der Waals surface area contributed by atoms with E-state index in [4.69, 9.17) is 14.2 Å². The second-order valence-corrected chi connectivity index (χ2v) is 6.28. The predicted molar refractivity (Wildman–Crippen MR) is 99.0 cm³/mol. The molecule has 0 bridgehead atoms. The first kappa shape index (κ1) is 19.9. The van der Waals surface area contributed by atoms with Crippen LogP contribution in [0.5, 0.6) is 17.2 Å². The number of carbonyl (C=O) groups excluding carboxylic acids is 2. The smallest absolute Gasteiger partial charge is 0.233 e. The van der Waals surface area contributed by atoms with Gasteiger partial charge in [0.1, 0.15) is 6.42 Å². The molecule has 0 spiro atoms. The molecule has 7 heteroatoms. The molecular formula is C19H28N2O5. The fourth-order valence-electron chi connectivity index (χ4n) is 3.35. The number of hydrogen-bond donors (Lipinski definition) is 1. The summed E-state index contributed by atoms with van der Waals surface area (Å²) in [5.74, 6) is 0.848. The number of methoxy groups -OCH3 is 3. The summed E-state index contributed by atoms with van der Waals surface area (Å²) >= 11 is 0. The van der Waals surface area contributed by atoms with Gasteiger partial charge in [-0.05, 0) is 25.7 Å². The van der Waals surface area contributed by atoms with E-state index >= 15 is 0 Å². The van der Waals surface area contributed by atoms with E-state index in [1.165, 1.54) is 21.3 Å². The van der Waals surface area contributed by atoms with Crippen molar-refractivity contribution in [2.24, 2.45) is 0 Å². The van der Waals surface area contributed by atoms with Crippen LogP contribution in [0.1, 0.15) is 39.0 Å². The Morgan fingerprint density at radius 1 is 1.12 bits per heavy atom. The van der Waals surface area contributed by atoms with E-state index in [1.807, 2.05) is 4.90 Å². The van der Waals surface area contributed by atoms with E-state index in [1.54, 1.807) is 12.1 Å². The maximum atomic E-state index is 12.5. The van der Waals surface area contributed by atoms with Crippen LogP contribution in [-0.4, -0.2) is 50.6 Å². The zero-order valence-electron chi connectivity index (χ0n) is 16.0. The quantitative estimate of drug-likeness (QED) is 0.753. The van der Waals surface area contributed by atoms with Crippen molar-refractivity contribution < 1.29 is 23.8 Å². The molecule has 1 heterocycles. The molecule has 7 nitrogen and oxygen atoms in total. The fraction of sp³-hybridized carbons (Fsp3) is 0.579. The van der Waals surface area contributed by atoms with Crippen molar-refractivity contribution >= 4 is 17.5 Å². The van der Waals surface area contributed by atoms with Gasteiger partial charge < -0.3 is 24.4 Å². The molecule has 1 fully saturated rings. The molecule has 144 valence electrons. The van der Waals surface area contributed by atoms with Crippen molar-refractivity contribution in [2.75, 3.05) is 33.2 Å². The summed E-state index contributed by atoms with van der Waals surface area (Å²) < 4.78 is 15.8. The number of anilines is 1. The lowest BCUT2D eigenvalue weighted by Gasteiger charge is -2.35. The van der Waals surface area contributed by atoms with Crippen LogP contribution in [0.4, 0.5) is 5.69 Å². The highest BCUT2D eigenvalue weighted by Gasteiger charge is 2.26. The molecular weight excluding hydrogens is 336 g/mol. The lowest BCUT2D eigenvalue weighted by Crippen LogP contribution is -2.44. The van der Waals surface area contributed by atoms with Crippen LogP contribution in [0, 0.1) is 0 Å². The Morgan fingerprint density at radius 3 is 2.31 bits per heavy atom. The van der Waals surface area contributed by atoms with E-state index in [-0.39, 0.29) is 24.3 Å². The standard InChI is InChI=1S/C19H28N2O5/c1-5-14-8-6-7-9-21(14)18(23)12-17(22)20-13-10-15(24-2)19(26-4)16(11-13)25-3/h10-11,14H,5-9,12H2,1-4H3,(H,20,22). The van der Waals surface area contributed by atoms with Crippen LogP contribution in [0.25, 0.3) is 0 Å². The Balaban J connectivity index is 2.06. The molecule has 1 N–H and O–H groups in total. The average Bonchev–Trinajstić information content (AvgIpc) is 2.66. The van der Waals surface area contributed by atoms with E-state index in [0.29, 0.717) is 22.9 Å². The zero-order chi connectivity index (χ0) is 19.1. The maximum absolute atomic E-state index is 12.5. The van der Waals surface area contributed by atoms with Gasteiger partial charge in [-0.1, -0.05) is 6.92 Å². The zero-order valence-corrected chi connectivity index (χ0v) is 16.0. The second-order valence-electron chi connectivity index (χ2n) is 6.28. The summed E-state index contributed by atoms with van der Waals surface area (Å²) in [7, 11) is 4.53. The summed E-state index contributed by atoms with van der Waals surface area (Å²) in [4.78, 5) is 26.7. The fourth-order valence-corrected chi connectivity index (χ4v) is 3.35. The first-order valence-electron chi connectivity index (χ1n) is 8.93. The van der Waals surface area contributed by atoms with Crippen LogP contribution in [0.15, 0.2) is 12.1 Å². The van der Waals surface area contributed by atoms with E-state index in [2.05, 4.69) is 12.2 Å². The number of amides is 2. The molecule has 0 saturated carbocycles. The third kappa shape index (κ3) is 4.59. The van der Waals surface area contributed by atoms with Crippen LogP contribution in [0.3, 0.4) is 0 Å². The Bertz CT molecular complexity index is 622. The van der Waals surface area contributed by atoms with E-state index < -0.39 is 0 Å². The van der Waals surface area contributed by atoms with Gasteiger partial charge in [0, 0.05) is 30.4 Å². The first-order chi connectivity index (χ1) is 12.5. The van der Waals surface area contributed by atoms with Crippen LogP contribution >= 0.6 is 0 Å². The molecule has 2 amide bonds. The van der Waals surface area contributed by atoms with Crippen molar-refractivity contribution in [2.45, 2.75) is 45.1 Å².